The Morgan fingerprint density at radius 1 is 0.604 bits per heavy atom. The van der Waals surface area contributed by atoms with Crippen LogP contribution in [-0.2, 0) is 0 Å². The standard InChI is InChI=1S/C44H27NOS2/c1-25(15-19-39-26(2)30-9-5-7-13-40(30)47-39)27-16-18-38-34(21-27)37-24-29(23-36-31-10-3-4-12-33(31)44(46)45(38)43(36)37)28-17-20-42-35(22-28)32-11-6-8-14-41(32)48-42/h3-24H,1H2,2H3/b19-15-. The van der Waals surface area contributed by atoms with Crippen LogP contribution in [0.4, 0.5) is 0 Å². The van der Waals surface area contributed by atoms with E-state index in [-0.39, 0.29) is 5.56 Å². The molecule has 4 aromatic heterocycles. The average molecular weight is 650 g/mol. The summed E-state index contributed by atoms with van der Waals surface area (Å²) >= 11 is 3.64. The van der Waals surface area contributed by atoms with E-state index in [2.05, 4.69) is 129 Å². The first kappa shape index (κ1) is 27.6. The maximum absolute atomic E-state index is 14.1. The van der Waals surface area contributed by atoms with Crippen molar-refractivity contribution in [2.45, 2.75) is 6.92 Å². The molecule has 0 N–H and O–H groups in total. The number of fused-ring (bicyclic) bond motifs is 9. The van der Waals surface area contributed by atoms with Gasteiger partial charge >= 0.3 is 0 Å². The second kappa shape index (κ2) is 10.2. The van der Waals surface area contributed by atoms with Crippen LogP contribution in [0.15, 0.2) is 139 Å². The van der Waals surface area contributed by atoms with Gasteiger partial charge in [0.25, 0.3) is 5.56 Å². The molecule has 10 rings (SSSR count). The molecule has 0 amide bonds. The van der Waals surface area contributed by atoms with Gasteiger partial charge in [-0.2, -0.15) is 0 Å². The molecule has 0 radical (unpaired) electrons. The van der Waals surface area contributed by atoms with Gasteiger partial charge in [0.05, 0.1) is 11.0 Å². The summed E-state index contributed by atoms with van der Waals surface area (Å²) in [6.45, 7) is 6.66. The summed E-state index contributed by atoms with van der Waals surface area (Å²) < 4.78 is 5.81. The molecule has 226 valence electrons. The molecule has 2 nitrogen and oxygen atoms in total. The Labute approximate surface area is 284 Å². The van der Waals surface area contributed by atoms with E-state index in [1.807, 2.05) is 45.3 Å². The monoisotopic (exact) mass is 649 g/mol. The lowest BCUT2D eigenvalue weighted by atomic mass is 9.96. The highest BCUT2D eigenvalue weighted by atomic mass is 32.1. The molecular weight excluding hydrogens is 623 g/mol. The average Bonchev–Trinajstić information content (AvgIpc) is 3.78. The van der Waals surface area contributed by atoms with Crippen LogP contribution in [0.3, 0.4) is 0 Å². The summed E-state index contributed by atoms with van der Waals surface area (Å²) in [5, 5.41) is 8.81. The summed E-state index contributed by atoms with van der Waals surface area (Å²) in [5.41, 5.74) is 7.49. The molecule has 0 bridgehead atoms. The van der Waals surface area contributed by atoms with E-state index in [1.165, 1.54) is 46.3 Å². The molecule has 0 aliphatic heterocycles. The van der Waals surface area contributed by atoms with E-state index >= 15 is 0 Å². The molecule has 0 saturated carbocycles. The van der Waals surface area contributed by atoms with E-state index in [1.54, 1.807) is 0 Å². The van der Waals surface area contributed by atoms with Crippen molar-refractivity contribution in [2.75, 3.05) is 0 Å². The normalized spacial score (nSPS) is 12.4. The predicted molar refractivity (Wildman–Crippen MR) is 210 cm³/mol. The lowest BCUT2D eigenvalue weighted by Gasteiger charge is -2.10. The quantitative estimate of drug-likeness (QED) is 0.137. The third-order valence-electron chi connectivity index (χ3n) is 9.91. The molecule has 10 aromatic rings. The first-order valence-electron chi connectivity index (χ1n) is 16.1. The summed E-state index contributed by atoms with van der Waals surface area (Å²) in [7, 11) is 0. The lowest BCUT2D eigenvalue weighted by Crippen LogP contribution is -2.12. The summed E-state index contributed by atoms with van der Waals surface area (Å²) in [4.78, 5) is 15.3. The van der Waals surface area contributed by atoms with Crippen molar-refractivity contribution < 1.29 is 0 Å². The topological polar surface area (TPSA) is 21.5 Å². The van der Waals surface area contributed by atoms with Gasteiger partial charge in [-0.1, -0.05) is 79.4 Å². The van der Waals surface area contributed by atoms with Gasteiger partial charge in [-0.05, 0) is 106 Å². The minimum atomic E-state index is 0.0173. The highest BCUT2D eigenvalue weighted by Gasteiger charge is 2.19. The minimum Gasteiger partial charge on any atom is -0.275 e. The largest absolute Gasteiger partial charge is 0.275 e. The number of hydrogen-bond acceptors (Lipinski definition) is 3. The maximum atomic E-state index is 14.1. The number of rotatable bonds is 4. The van der Waals surface area contributed by atoms with Crippen LogP contribution >= 0.6 is 22.7 Å². The Hall–Kier alpha value is -5.55. The van der Waals surface area contributed by atoms with Gasteiger partial charge in [-0.25, -0.2) is 0 Å². The van der Waals surface area contributed by atoms with Gasteiger partial charge in [0.1, 0.15) is 0 Å². The number of benzene rings is 6. The number of nitrogens with zero attached hydrogens (tertiary/aromatic N) is 1. The van der Waals surface area contributed by atoms with E-state index < -0.39 is 0 Å². The van der Waals surface area contributed by atoms with Crippen LogP contribution in [0.1, 0.15) is 16.0 Å². The van der Waals surface area contributed by atoms with Gasteiger partial charge in [-0.3, -0.25) is 9.20 Å². The summed E-state index contributed by atoms with van der Waals surface area (Å²) in [6, 6.07) is 43.0. The smallest absolute Gasteiger partial charge is 0.263 e. The van der Waals surface area contributed by atoms with E-state index in [4.69, 9.17) is 0 Å². The zero-order valence-corrected chi connectivity index (χ0v) is 27.7. The van der Waals surface area contributed by atoms with Crippen LogP contribution in [-0.4, -0.2) is 4.40 Å². The fourth-order valence-corrected chi connectivity index (χ4v) is 9.69. The fraction of sp³-hybridized carbons (Fsp3) is 0.0227. The molecule has 0 unspecified atom stereocenters. The molecule has 48 heavy (non-hydrogen) atoms. The fourth-order valence-electron chi connectivity index (χ4n) is 7.49. The van der Waals surface area contributed by atoms with E-state index in [9.17, 15) is 4.79 Å². The van der Waals surface area contributed by atoms with Crippen molar-refractivity contribution in [1.29, 1.82) is 0 Å². The Morgan fingerprint density at radius 3 is 2.04 bits per heavy atom. The van der Waals surface area contributed by atoms with Gasteiger partial charge in [-0.15, -0.1) is 22.7 Å². The van der Waals surface area contributed by atoms with Crippen LogP contribution < -0.4 is 5.56 Å². The summed E-state index contributed by atoms with van der Waals surface area (Å²) in [5.74, 6) is 0. The Bertz CT molecular complexity index is 3060. The van der Waals surface area contributed by atoms with E-state index in [0.29, 0.717) is 0 Å². The van der Waals surface area contributed by atoms with Crippen molar-refractivity contribution in [3.63, 3.8) is 0 Å². The first-order chi connectivity index (χ1) is 23.5. The van der Waals surface area contributed by atoms with Gasteiger partial charge < -0.3 is 0 Å². The van der Waals surface area contributed by atoms with Crippen LogP contribution in [0.25, 0.3) is 91.0 Å². The number of pyridine rings is 1. The van der Waals surface area contributed by atoms with Crippen molar-refractivity contribution in [1.82, 2.24) is 4.40 Å². The highest BCUT2D eigenvalue weighted by Crippen LogP contribution is 2.41. The summed E-state index contributed by atoms with van der Waals surface area (Å²) in [6.07, 6.45) is 4.30. The van der Waals surface area contributed by atoms with E-state index in [0.717, 1.165) is 54.7 Å². The third kappa shape index (κ3) is 3.94. The van der Waals surface area contributed by atoms with Gasteiger partial charge in [0, 0.05) is 51.3 Å². The third-order valence-corrected chi connectivity index (χ3v) is 12.3. The SMILES string of the molecule is C=C(/C=C\c1sc2ccccc2c1C)c1ccc2c(c1)c1cc(-c3ccc4sc5ccccc5c4c3)cc3c4ccccc4c(=O)n2c31. The molecule has 0 aliphatic rings. The molecule has 4 heterocycles. The molecule has 0 atom stereocenters. The molecule has 0 aliphatic carbocycles. The predicted octanol–water partition coefficient (Wildman–Crippen LogP) is 12.5. The van der Waals surface area contributed by atoms with Crippen molar-refractivity contribution in [3.8, 4) is 11.1 Å². The Morgan fingerprint density at radius 2 is 1.25 bits per heavy atom. The van der Waals surface area contributed by atoms with Crippen molar-refractivity contribution in [2.24, 2.45) is 0 Å². The molecule has 4 heteroatoms. The first-order valence-corrected chi connectivity index (χ1v) is 17.7. The number of aryl methyl sites for hydroxylation is 1. The van der Waals surface area contributed by atoms with Crippen molar-refractivity contribution >= 4 is 103 Å². The zero-order chi connectivity index (χ0) is 32.1. The second-order valence-corrected chi connectivity index (χ2v) is 14.8. The Balaban J connectivity index is 1.19. The number of aromatic nitrogens is 1. The van der Waals surface area contributed by atoms with Crippen molar-refractivity contribution in [3.05, 3.63) is 160 Å². The van der Waals surface area contributed by atoms with Crippen LogP contribution in [0.2, 0.25) is 0 Å². The van der Waals surface area contributed by atoms with Crippen LogP contribution in [0.5, 0.6) is 0 Å². The number of thiophene rings is 2. The molecular formula is C44H27NOS2. The zero-order valence-electron chi connectivity index (χ0n) is 26.1. The lowest BCUT2D eigenvalue weighted by molar-refractivity contribution is 1.21. The van der Waals surface area contributed by atoms with Crippen LogP contribution in [0, 0.1) is 6.92 Å². The highest BCUT2D eigenvalue weighted by molar-refractivity contribution is 7.25. The minimum absolute atomic E-state index is 0.0173. The molecule has 6 aromatic carbocycles. The molecule has 0 spiro atoms. The molecule has 0 fully saturated rings. The number of hydrogen-bond donors (Lipinski definition) is 0. The number of allylic oxidation sites excluding steroid dienone is 2. The van der Waals surface area contributed by atoms with Gasteiger partial charge in [0.2, 0.25) is 0 Å². The Kier molecular flexibility index (Phi) is 5.87. The maximum Gasteiger partial charge on any atom is 0.263 e. The van der Waals surface area contributed by atoms with Gasteiger partial charge in [0.15, 0.2) is 0 Å². The molecule has 0 saturated heterocycles. The second-order valence-electron chi connectivity index (χ2n) is 12.6.